The van der Waals surface area contributed by atoms with E-state index in [-0.39, 0.29) is 24.2 Å². The number of aliphatic hydroxyl groups is 1. The van der Waals surface area contributed by atoms with Gasteiger partial charge in [0.15, 0.2) is 0 Å². The summed E-state index contributed by atoms with van der Waals surface area (Å²) in [5, 5.41) is 28.8. The van der Waals surface area contributed by atoms with Crippen LogP contribution in [0.4, 0.5) is 0 Å². The van der Waals surface area contributed by atoms with Crippen LogP contribution in [0.3, 0.4) is 0 Å². The van der Waals surface area contributed by atoms with Crippen LogP contribution in [0.25, 0.3) is 10.2 Å². The predicted octanol–water partition coefficient (Wildman–Crippen LogP) is 1.30. The molecule has 6 rings (SSSR count). The number of carbonyl (C=O) groups excluding carboxylic acids is 1. The molecule has 9 heteroatoms. The first-order valence-electron chi connectivity index (χ1n) is 12.1. The van der Waals surface area contributed by atoms with E-state index in [4.69, 9.17) is 4.98 Å². The number of hydrogen-bond donors (Lipinski definition) is 6. The highest BCUT2D eigenvalue weighted by Gasteiger charge is 2.42. The standard InChI is InChI=1S/C25H30N6O2S/c32-18-12-14-6-1-2-8-16(14)21(18)29-25-30-22(27-15-7-5-11-26-13-15)20(23(33)31-25)24-28-17-9-3-4-10-19(17)34-24/h1-4,6,8-10,15,18,20-22,25-27,29-30,32H,5,7,11-13H2,(H,31,33)/t15-,18-,20?,21+,22?,25?/m1/s1. The number of amides is 1. The van der Waals surface area contributed by atoms with Crippen LogP contribution in [-0.2, 0) is 11.2 Å². The average molecular weight is 479 g/mol. The van der Waals surface area contributed by atoms with E-state index in [9.17, 15) is 9.90 Å². The largest absolute Gasteiger partial charge is 0.391 e. The van der Waals surface area contributed by atoms with Gasteiger partial charge in [-0.1, -0.05) is 36.4 Å². The Bertz CT molecular complexity index is 1150. The fourth-order valence-electron chi connectivity index (χ4n) is 5.42. The summed E-state index contributed by atoms with van der Waals surface area (Å²) in [4.78, 5) is 18.3. The quantitative estimate of drug-likeness (QED) is 0.328. The molecule has 2 aromatic carbocycles. The third-order valence-corrected chi connectivity index (χ3v) is 8.21. The Hall–Kier alpha value is -2.40. The SMILES string of the molecule is O=C1NC(N[C@H]2c3ccccc3C[C@H]2O)NC(N[C@@H]2CCCNC2)C1c1nc2ccccc2s1. The van der Waals surface area contributed by atoms with E-state index >= 15 is 0 Å². The Morgan fingerprint density at radius 1 is 1.09 bits per heavy atom. The van der Waals surface area contributed by atoms with Crippen molar-refractivity contribution in [1.29, 1.82) is 0 Å². The number of aromatic nitrogens is 1. The molecule has 0 saturated carbocycles. The Labute approximate surface area is 202 Å². The molecule has 3 aliphatic rings. The smallest absolute Gasteiger partial charge is 0.235 e. The molecule has 3 unspecified atom stereocenters. The fourth-order valence-corrected chi connectivity index (χ4v) is 6.52. The molecule has 2 aliphatic heterocycles. The Morgan fingerprint density at radius 3 is 2.79 bits per heavy atom. The molecule has 2 fully saturated rings. The summed E-state index contributed by atoms with van der Waals surface area (Å²) in [6, 6.07) is 16.1. The van der Waals surface area contributed by atoms with Crippen molar-refractivity contribution in [3.63, 3.8) is 0 Å². The Morgan fingerprint density at radius 2 is 1.94 bits per heavy atom. The average Bonchev–Trinajstić information content (AvgIpc) is 3.40. The number of nitrogens with one attached hydrogen (secondary N) is 5. The van der Waals surface area contributed by atoms with Gasteiger partial charge in [-0.3, -0.25) is 20.7 Å². The number of piperidine rings is 1. The number of benzene rings is 2. The number of fused-ring (bicyclic) bond motifs is 2. The summed E-state index contributed by atoms with van der Waals surface area (Å²) >= 11 is 1.57. The van der Waals surface area contributed by atoms with E-state index in [0.717, 1.165) is 52.3 Å². The number of rotatable bonds is 5. The van der Waals surface area contributed by atoms with Crippen LogP contribution in [0.2, 0.25) is 0 Å². The molecule has 178 valence electrons. The van der Waals surface area contributed by atoms with Crippen molar-refractivity contribution < 1.29 is 9.90 Å². The molecular formula is C25H30N6O2S. The fraction of sp³-hybridized carbons (Fsp3) is 0.440. The van der Waals surface area contributed by atoms with Crippen molar-refractivity contribution in [2.75, 3.05) is 13.1 Å². The van der Waals surface area contributed by atoms with Crippen LogP contribution >= 0.6 is 11.3 Å². The van der Waals surface area contributed by atoms with Crippen molar-refractivity contribution in [1.82, 2.24) is 31.6 Å². The lowest BCUT2D eigenvalue weighted by atomic mass is 10.00. The lowest BCUT2D eigenvalue weighted by molar-refractivity contribution is -0.127. The molecule has 0 bridgehead atoms. The normalized spacial score (nSPS) is 31.4. The molecule has 6 atom stereocenters. The lowest BCUT2D eigenvalue weighted by Crippen LogP contribution is -2.71. The number of thiazole rings is 1. The van der Waals surface area contributed by atoms with Gasteiger partial charge < -0.3 is 15.7 Å². The second-order valence-electron chi connectivity index (χ2n) is 9.41. The highest BCUT2D eigenvalue weighted by Crippen LogP contribution is 2.33. The summed E-state index contributed by atoms with van der Waals surface area (Å²) in [6.07, 6.45) is 1.48. The van der Waals surface area contributed by atoms with E-state index < -0.39 is 18.3 Å². The molecule has 1 amide bonds. The summed E-state index contributed by atoms with van der Waals surface area (Å²) in [7, 11) is 0. The summed E-state index contributed by atoms with van der Waals surface area (Å²) in [6.45, 7) is 1.90. The second kappa shape index (κ2) is 9.33. The minimum absolute atomic E-state index is 0.0719. The third-order valence-electron chi connectivity index (χ3n) is 7.09. The monoisotopic (exact) mass is 478 g/mol. The van der Waals surface area contributed by atoms with E-state index in [1.807, 2.05) is 42.5 Å². The van der Waals surface area contributed by atoms with Crippen LogP contribution in [0, 0.1) is 0 Å². The number of hydrogen-bond acceptors (Lipinski definition) is 8. The molecule has 2 saturated heterocycles. The first-order valence-corrected chi connectivity index (χ1v) is 12.9. The number of aliphatic hydroxyl groups excluding tert-OH is 1. The van der Waals surface area contributed by atoms with Gasteiger partial charge in [0, 0.05) is 19.0 Å². The molecule has 0 spiro atoms. The third kappa shape index (κ3) is 4.24. The molecule has 6 N–H and O–H groups in total. The van der Waals surface area contributed by atoms with Crippen LogP contribution in [0.15, 0.2) is 48.5 Å². The van der Waals surface area contributed by atoms with Crippen LogP contribution < -0.4 is 26.6 Å². The van der Waals surface area contributed by atoms with Gasteiger partial charge in [0.1, 0.15) is 17.2 Å². The van der Waals surface area contributed by atoms with Crippen molar-refractivity contribution in [3.05, 3.63) is 64.7 Å². The van der Waals surface area contributed by atoms with Gasteiger partial charge in [0.25, 0.3) is 0 Å². The summed E-state index contributed by atoms with van der Waals surface area (Å²) in [5.74, 6) is -0.518. The first-order chi connectivity index (χ1) is 16.7. The van der Waals surface area contributed by atoms with Crippen molar-refractivity contribution in [3.8, 4) is 0 Å². The lowest BCUT2D eigenvalue weighted by Gasteiger charge is -2.41. The van der Waals surface area contributed by atoms with Gasteiger partial charge in [0.2, 0.25) is 5.91 Å². The van der Waals surface area contributed by atoms with Gasteiger partial charge in [-0.25, -0.2) is 4.98 Å². The van der Waals surface area contributed by atoms with Crippen LogP contribution in [0.1, 0.15) is 40.9 Å². The molecule has 0 radical (unpaired) electrons. The second-order valence-corrected chi connectivity index (χ2v) is 10.5. The molecule has 3 aromatic rings. The van der Waals surface area contributed by atoms with Crippen molar-refractivity contribution >= 4 is 27.5 Å². The zero-order valence-electron chi connectivity index (χ0n) is 18.8. The van der Waals surface area contributed by atoms with E-state index in [1.54, 1.807) is 11.3 Å². The first kappa shape index (κ1) is 22.1. The highest BCUT2D eigenvalue weighted by atomic mass is 32.1. The zero-order chi connectivity index (χ0) is 23.1. The van der Waals surface area contributed by atoms with Crippen LogP contribution in [0.5, 0.6) is 0 Å². The molecule has 34 heavy (non-hydrogen) atoms. The predicted molar refractivity (Wildman–Crippen MR) is 132 cm³/mol. The topological polar surface area (TPSA) is 110 Å². The molecular weight excluding hydrogens is 448 g/mol. The number of nitrogens with zero attached hydrogens (tertiary/aromatic N) is 1. The van der Waals surface area contributed by atoms with E-state index in [1.165, 1.54) is 0 Å². The minimum atomic E-state index is -0.535. The maximum Gasteiger partial charge on any atom is 0.235 e. The van der Waals surface area contributed by atoms with Gasteiger partial charge in [-0.15, -0.1) is 11.3 Å². The molecule has 1 aromatic heterocycles. The maximum atomic E-state index is 13.5. The van der Waals surface area contributed by atoms with Gasteiger partial charge >= 0.3 is 0 Å². The molecule has 1 aliphatic carbocycles. The summed E-state index contributed by atoms with van der Waals surface area (Å²) < 4.78 is 1.08. The molecule has 8 nitrogen and oxygen atoms in total. The Kier molecular flexibility index (Phi) is 6.06. The van der Waals surface area contributed by atoms with E-state index in [2.05, 4.69) is 32.7 Å². The van der Waals surface area contributed by atoms with Crippen LogP contribution in [-0.4, -0.2) is 53.7 Å². The number of carbonyl (C=O) groups is 1. The van der Waals surface area contributed by atoms with Crippen molar-refractivity contribution in [2.24, 2.45) is 0 Å². The molecule has 3 heterocycles. The maximum absolute atomic E-state index is 13.5. The minimum Gasteiger partial charge on any atom is -0.391 e. The Balaban J connectivity index is 1.26. The van der Waals surface area contributed by atoms with Gasteiger partial charge in [0.05, 0.1) is 28.5 Å². The van der Waals surface area contributed by atoms with Crippen molar-refractivity contribution in [2.45, 2.75) is 55.8 Å². The zero-order valence-corrected chi connectivity index (χ0v) is 19.6. The van der Waals surface area contributed by atoms with E-state index in [0.29, 0.717) is 6.42 Å². The van der Waals surface area contributed by atoms with Gasteiger partial charge in [-0.05, 0) is 42.6 Å². The number of para-hydroxylation sites is 1. The highest BCUT2D eigenvalue weighted by molar-refractivity contribution is 7.18. The summed E-state index contributed by atoms with van der Waals surface area (Å²) in [5.41, 5.74) is 3.14. The van der Waals surface area contributed by atoms with Gasteiger partial charge in [-0.2, -0.15) is 0 Å².